The standard InChI is InChI=1S/C11H11N3O2/c1-7-3-4-9-13-5-8(10(15)12-2)11(16)14(9)6-7/h3-6H,1-2H3,(H,12,15). The van der Waals surface area contributed by atoms with Gasteiger partial charge < -0.3 is 5.32 Å². The Bertz CT molecular complexity index is 616. The molecule has 0 spiro atoms. The highest BCUT2D eigenvalue weighted by Gasteiger charge is 2.11. The maximum atomic E-state index is 11.9. The van der Waals surface area contributed by atoms with E-state index in [0.717, 1.165) is 5.56 Å². The average molecular weight is 217 g/mol. The molecule has 0 aromatic carbocycles. The first-order valence-electron chi connectivity index (χ1n) is 4.83. The number of hydrogen-bond acceptors (Lipinski definition) is 3. The second-order valence-corrected chi connectivity index (χ2v) is 3.49. The Morgan fingerprint density at radius 3 is 2.88 bits per heavy atom. The molecule has 0 saturated carbocycles. The Morgan fingerprint density at radius 2 is 2.19 bits per heavy atom. The zero-order valence-corrected chi connectivity index (χ0v) is 9.02. The predicted molar refractivity (Wildman–Crippen MR) is 59.6 cm³/mol. The van der Waals surface area contributed by atoms with E-state index in [1.54, 1.807) is 12.3 Å². The van der Waals surface area contributed by atoms with Gasteiger partial charge in [0.05, 0.1) is 0 Å². The van der Waals surface area contributed by atoms with Crippen molar-refractivity contribution in [1.82, 2.24) is 14.7 Å². The maximum absolute atomic E-state index is 11.9. The molecule has 5 nitrogen and oxygen atoms in total. The van der Waals surface area contributed by atoms with Gasteiger partial charge in [-0.15, -0.1) is 0 Å². The molecule has 1 N–H and O–H groups in total. The molecule has 2 aromatic heterocycles. The first-order chi connectivity index (χ1) is 7.63. The van der Waals surface area contributed by atoms with Crippen molar-refractivity contribution < 1.29 is 4.79 Å². The first-order valence-corrected chi connectivity index (χ1v) is 4.83. The van der Waals surface area contributed by atoms with Gasteiger partial charge in [0.2, 0.25) is 0 Å². The van der Waals surface area contributed by atoms with Gasteiger partial charge in [0.15, 0.2) is 0 Å². The zero-order valence-electron chi connectivity index (χ0n) is 9.02. The minimum Gasteiger partial charge on any atom is -0.355 e. The number of aryl methyl sites for hydroxylation is 1. The Kier molecular flexibility index (Phi) is 2.44. The van der Waals surface area contributed by atoms with Crippen LogP contribution in [0.15, 0.2) is 29.3 Å². The Morgan fingerprint density at radius 1 is 1.44 bits per heavy atom. The lowest BCUT2D eigenvalue weighted by Crippen LogP contribution is -2.29. The molecule has 2 heterocycles. The predicted octanol–water partition coefficient (Wildman–Crippen LogP) is 0.363. The van der Waals surface area contributed by atoms with Crippen LogP contribution in [-0.4, -0.2) is 22.3 Å². The molecule has 2 rings (SSSR count). The van der Waals surface area contributed by atoms with E-state index < -0.39 is 5.91 Å². The van der Waals surface area contributed by atoms with E-state index in [1.165, 1.54) is 17.6 Å². The first kappa shape index (κ1) is 10.4. The van der Waals surface area contributed by atoms with Gasteiger partial charge in [0.25, 0.3) is 11.5 Å². The van der Waals surface area contributed by atoms with E-state index in [1.807, 2.05) is 13.0 Å². The number of carbonyl (C=O) groups is 1. The Hall–Kier alpha value is -2.17. The van der Waals surface area contributed by atoms with Crippen molar-refractivity contribution in [2.45, 2.75) is 6.92 Å². The smallest absolute Gasteiger partial charge is 0.270 e. The lowest BCUT2D eigenvalue weighted by Gasteiger charge is -2.03. The summed E-state index contributed by atoms with van der Waals surface area (Å²) in [6.45, 7) is 1.87. The number of fused-ring (bicyclic) bond motifs is 1. The van der Waals surface area contributed by atoms with Crippen molar-refractivity contribution in [2.75, 3.05) is 7.05 Å². The lowest BCUT2D eigenvalue weighted by molar-refractivity contribution is 0.0961. The number of nitrogens with zero attached hydrogens (tertiary/aromatic N) is 2. The average Bonchev–Trinajstić information content (AvgIpc) is 2.29. The van der Waals surface area contributed by atoms with Gasteiger partial charge in [-0.3, -0.25) is 14.0 Å². The number of amides is 1. The SMILES string of the molecule is CNC(=O)c1cnc2ccc(C)cn2c1=O. The van der Waals surface area contributed by atoms with Crippen molar-refractivity contribution in [3.63, 3.8) is 0 Å². The summed E-state index contributed by atoms with van der Waals surface area (Å²) in [7, 11) is 1.48. The molecule has 5 heteroatoms. The summed E-state index contributed by atoms with van der Waals surface area (Å²) in [5.74, 6) is -0.423. The van der Waals surface area contributed by atoms with Crippen LogP contribution < -0.4 is 10.9 Å². The lowest BCUT2D eigenvalue weighted by atomic mass is 10.3. The van der Waals surface area contributed by atoms with Gasteiger partial charge in [-0.1, -0.05) is 6.07 Å². The fourth-order valence-corrected chi connectivity index (χ4v) is 1.47. The molecule has 0 aliphatic heterocycles. The summed E-state index contributed by atoms with van der Waals surface area (Å²) in [6.07, 6.45) is 2.96. The molecule has 0 aliphatic carbocycles. The van der Waals surface area contributed by atoms with E-state index in [2.05, 4.69) is 10.3 Å². The molecule has 0 atom stereocenters. The van der Waals surface area contributed by atoms with E-state index in [0.29, 0.717) is 5.65 Å². The second kappa shape index (κ2) is 3.77. The summed E-state index contributed by atoms with van der Waals surface area (Å²) < 4.78 is 1.37. The van der Waals surface area contributed by atoms with Crippen LogP contribution in [0.3, 0.4) is 0 Å². The van der Waals surface area contributed by atoms with Crippen LogP contribution in [0.2, 0.25) is 0 Å². The van der Waals surface area contributed by atoms with E-state index in [9.17, 15) is 9.59 Å². The van der Waals surface area contributed by atoms with E-state index in [4.69, 9.17) is 0 Å². The third-order valence-electron chi connectivity index (χ3n) is 2.32. The van der Waals surface area contributed by atoms with Gasteiger partial charge >= 0.3 is 0 Å². The fraction of sp³-hybridized carbons (Fsp3) is 0.182. The molecular weight excluding hydrogens is 206 g/mol. The van der Waals surface area contributed by atoms with Crippen LogP contribution in [0.25, 0.3) is 5.65 Å². The molecule has 0 saturated heterocycles. The summed E-state index contributed by atoms with van der Waals surface area (Å²) in [5, 5.41) is 2.41. The van der Waals surface area contributed by atoms with Gasteiger partial charge in [0.1, 0.15) is 11.2 Å². The van der Waals surface area contributed by atoms with Crippen molar-refractivity contribution in [1.29, 1.82) is 0 Å². The van der Waals surface area contributed by atoms with Gasteiger partial charge in [0, 0.05) is 19.4 Å². The van der Waals surface area contributed by atoms with Crippen LogP contribution in [0, 0.1) is 6.92 Å². The topological polar surface area (TPSA) is 63.5 Å². The highest BCUT2D eigenvalue weighted by Crippen LogP contribution is 2.01. The zero-order chi connectivity index (χ0) is 11.7. The van der Waals surface area contributed by atoms with Crippen LogP contribution in [0.5, 0.6) is 0 Å². The second-order valence-electron chi connectivity index (χ2n) is 3.49. The summed E-state index contributed by atoms with van der Waals surface area (Å²) >= 11 is 0. The molecule has 0 radical (unpaired) electrons. The molecule has 16 heavy (non-hydrogen) atoms. The number of rotatable bonds is 1. The van der Waals surface area contributed by atoms with Crippen LogP contribution >= 0.6 is 0 Å². The number of pyridine rings is 1. The van der Waals surface area contributed by atoms with Crippen molar-refractivity contribution in [3.8, 4) is 0 Å². The van der Waals surface area contributed by atoms with Crippen LogP contribution in [-0.2, 0) is 0 Å². The van der Waals surface area contributed by atoms with Crippen LogP contribution in [0.4, 0.5) is 0 Å². The highest BCUT2D eigenvalue weighted by atomic mass is 16.2. The molecule has 0 fully saturated rings. The molecule has 0 aliphatic rings. The van der Waals surface area contributed by atoms with Crippen molar-refractivity contribution in [2.24, 2.45) is 0 Å². The highest BCUT2D eigenvalue weighted by molar-refractivity contribution is 5.93. The normalized spacial score (nSPS) is 10.4. The molecule has 2 aromatic rings. The third kappa shape index (κ3) is 1.56. The number of nitrogens with one attached hydrogen (secondary N) is 1. The van der Waals surface area contributed by atoms with E-state index in [-0.39, 0.29) is 11.1 Å². The third-order valence-corrected chi connectivity index (χ3v) is 2.32. The Balaban J connectivity index is 2.78. The molecule has 0 bridgehead atoms. The van der Waals surface area contributed by atoms with Crippen molar-refractivity contribution in [3.05, 3.63) is 46.0 Å². The summed E-state index contributed by atoms with van der Waals surface area (Å²) in [6, 6.07) is 3.60. The maximum Gasteiger partial charge on any atom is 0.270 e. The molecule has 82 valence electrons. The molecular formula is C11H11N3O2. The summed E-state index contributed by atoms with van der Waals surface area (Å²) in [4.78, 5) is 27.4. The number of hydrogen-bond donors (Lipinski definition) is 1. The molecule has 0 unspecified atom stereocenters. The van der Waals surface area contributed by atoms with Crippen molar-refractivity contribution >= 4 is 11.6 Å². The van der Waals surface area contributed by atoms with Crippen LogP contribution in [0.1, 0.15) is 15.9 Å². The largest absolute Gasteiger partial charge is 0.355 e. The minimum atomic E-state index is -0.423. The number of aromatic nitrogens is 2. The Labute approximate surface area is 91.7 Å². The van der Waals surface area contributed by atoms with Gasteiger partial charge in [-0.25, -0.2) is 4.98 Å². The van der Waals surface area contributed by atoms with Gasteiger partial charge in [-0.05, 0) is 18.6 Å². The van der Waals surface area contributed by atoms with Gasteiger partial charge in [-0.2, -0.15) is 0 Å². The summed E-state index contributed by atoms with van der Waals surface area (Å²) in [5.41, 5.74) is 1.16. The van der Waals surface area contributed by atoms with E-state index >= 15 is 0 Å². The molecule has 1 amide bonds. The fourth-order valence-electron chi connectivity index (χ4n) is 1.47. The monoisotopic (exact) mass is 217 g/mol. The minimum absolute atomic E-state index is 0.0469. The number of carbonyl (C=O) groups excluding carboxylic acids is 1. The quantitative estimate of drug-likeness (QED) is 0.750.